The minimum atomic E-state index is -0.523. The SMILES string of the molecule is COC(=O)C1CCCCN1C(=O)COc1ccc(N2CCN(C3CCCCC3)CC2)nn1. The number of esters is 1. The molecule has 3 heterocycles. The van der Waals surface area contributed by atoms with E-state index in [0.29, 0.717) is 18.8 Å². The van der Waals surface area contributed by atoms with Gasteiger partial charge in [0.05, 0.1) is 7.11 Å². The molecule has 0 aromatic carbocycles. The molecule has 1 aromatic rings. The van der Waals surface area contributed by atoms with E-state index in [4.69, 9.17) is 9.47 Å². The number of amides is 1. The number of anilines is 1. The van der Waals surface area contributed by atoms with E-state index in [1.165, 1.54) is 39.2 Å². The molecule has 3 fully saturated rings. The largest absolute Gasteiger partial charge is 0.467 e. The second-order valence-corrected chi connectivity index (χ2v) is 8.96. The zero-order valence-electron chi connectivity index (χ0n) is 19.1. The van der Waals surface area contributed by atoms with Crippen LogP contribution in [-0.4, -0.2) is 90.4 Å². The average Bonchev–Trinajstić information content (AvgIpc) is 2.87. The molecule has 9 heteroatoms. The number of methoxy groups -OCH3 is 1. The summed E-state index contributed by atoms with van der Waals surface area (Å²) in [5.74, 6) is 0.555. The molecule has 4 rings (SSSR count). The van der Waals surface area contributed by atoms with Crippen LogP contribution in [0.3, 0.4) is 0 Å². The number of piperidine rings is 1. The van der Waals surface area contributed by atoms with Crippen LogP contribution in [0.15, 0.2) is 12.1 Å². The highest BCUT2D eigenvalue weighted by molar-refractivity contribution is 5.85. The van der Waals surface area contributed by atoms with Crippen LogP contribution in [0.5, 0.6) is 5.88 Å². The fourth-order valence-electron chi connectivity index (χ4n) is 5.15. The molecule has 1 amide bonds. The van der Waals surface area contributed by atoms with Gasteiger partial charge in [-0.2, -0.15) is 0 Å². The zero-order chi connectivity index (χ0) is 22.3. The van der Waals surface area contributed by atoms with Crippen LogP contribution in [0.2, 0.25) is 0 Å². The Labute approximate surface area is 190 Å². The highest BCUT2D eigenvalue weighted by atomic mass is 16.5. The fraction of sp³-hybridized carbons (Fsp3) is 0.739. The number of carbonyl (C=O) groups excluding carboxylic acids is 2. The van der Waals surface area contributed by atoms with Crippen LogP contribution in [0.4, 0.5) is 5.82 Å². The molecule has 0 radical (unpaired) electrons. The van der Waals surface area contributed by atoms with Crippen LogP contribution < -0.4 is 9.64 Å². The summed E-state index contributed by atoms with van der Waals surface area (Å²) in [5.41, 5.74) is 0. The van der Waals surface area contributed by atoms with Crippen molar-refractivity contribution in [3.05, 3.63) is 12.1 Å². The summed E-state index contributed by atoms with van der Waals surface area (Å²) >= 11 is 0. The van der Waals surface area contributed by atoms with Gasteiger partial charge in [-0.15, -0.1) is 10.2 Å². The second-order valence-electron chi connectivity index (χ2n) is 8.96. The van der Waals surface area contributed by atoms with Gasteiger partial charge in [-0.1, -0.05) is 19.3 Å². The Kier molecular flexibility index (Phi) is 7.78. The summed E-state index contributed by atoms with van der Waals surface area (Å²) in [6.07, 6.45) is 9.19. The number of likely N-dealkylation sites (tertiary alicyclic amines) is 1. The van der Waals surface area contributed by atoms with Crippen LogP contribution in [-0.2, 0) is 14.3 Å². The molecule has 0 bridgehead atoms. The van der Waals surface area contributed by atoms with Crippen molar-refractivity contribution < 1.29 is 19.1 Å². The molecule has 0 N–H and O–H groups in total. The lowest BCUT2D eigenvalue weighted by molar-refractivity contribution is -0.155. The van der Waals surface area contributed by atoms with Crippen LogP contribution in [0.25, 0.3) is 0 Å². The van der Waals surface area contributed by atoms with Gasteiger partial charge in [0, 0.05) is 44.8 Å². The molecule has 1 saturated carbocycles. The van der Waals surface area contributed by atoms with E-state index >= 15 is 0 Å². The Hall–Kier alpha value is -2.42. The molecule has 1 aromatic heterocycles. The Morgan fingerprint density at radius 1 is 0.938 bits per heavy atom. The standard InChI is InChI=1S/C23H35N5O4/c1-31-23(30)19-9-5-6-12-28(19)22(29)17-32-21-11-10-20(24-25-21)27-15-13-26(14-16-27)18-7-3-2-4-8-18/h10-11,18-19H,2-9,12-17H2,1H3. The minimum absolute atomic E-state index is 0.165. The fourth-order valence-corrected chi connectivity index (χ4v) is 5.15. The van der Waals surface area contributed by atoms with Crippen molar-refractivity contribution in [3.8, 4) is 5.88 Å². The average molecular weight is 446 g/mol. The van der Waals surface area contributed by atoms with E-state index in [1.807, 2.05) is 6.07 Å². The predicted octanol–water partition coefficient (Wildman–Crippen LogP) is 1.86. The third-order valence-electron chi connectivity index (χ3n) is 7.00. The van der Waals surface area contributed by atoms with Crippen LogP contribution >= 0.6 is 0 Å². The molecule has 1 atom stereocenters. The molecular weight excluding hydrogens is 410 g/mol. The second kappa shape index (κ2) is 10.9. The number of nitrogens with zero attached hydrogens (tertiary/aromatic N) is 5. The summed E-state index contributed by atoms with van der Waals surface area (Å²) in [5, 5.41) is 8.48. The number of hydrogen-bond acceptors (Lipinski definition) is 8. The van der Waals surface area contributed by atoms with Gasteiger partial charge in [-0.05, 0) is 38.2 Å². The summed E-state index contributed by atoms with van der Waals surface area (Å²) < 4.78 is 10.4. The highest BCUT2D eigenvalue weighted by Crippen LogP contribution is 2.25. The molecular formula is C23H35N5O4. The van der Waals surface area contributed by atoms with Crippen molar-refractivity contribution in [3.63, 3.8) is 0 Å². The van der Waals surface area contributed by atoms with Gasteiger partial charge in [-0.3, -0.25) is 9.69 Å². The van der Waals surface area contributed by atoms with Crippen molar-refractivity contribution in [2.75, 3.05) is 51.3 Å². The van der Waals surface area contributed by atoms with E-state index in [1.54, 1.807) is 11.0 Å². The quantitative estimate of drug-likeness (QED) is 0.613. The third kappa shape index (κ3) is 5.49. The number of piperazine rings is 1. The van der Waals surface area contributed by atoms with Gasteiger partial charge < -0.3 is 19.3 Å². The van der Waals surface area contributed by atoms with Crippen molar-refractivity contribution >= 4 is 17.7 Å². The first-order valence-corrected chi connectivity index (χ1v) is 12.0. The van der Waals surface area contributed by atoms with Crippen LogP contribution in [0.1, 0.15) is 51.4 Å². The Morgan fingerprint density at radius 2 is 1.69 bits per heavy atom. The summed E-state index contributed by atoms with van der Waals surface area (Å²) in [6, 6.07) is 3.90. The molecule has 176 valence electrons. The molecule has 2 aliphatic heterocycles. The van der Waals surface area contributed by atoms with E-state index in [9.17, 15) is 9.59 Å². The monoisotopic (exact) mass is 445 g/mol. The number of ether oxygens (including phenoxy) is 2. The van der Waals surface area contributed by atoms with Gasteiger partial charge in [0.15, 0.2) is 12.4 Å². The molecule has 32 heavy (non-hydrogen) atoms. The van der Waals surface area contributed by atoms with E-state index in [2.05, 4.69) is 20.0 Å². The maximum absolute atomic E-state index is 12.6. The van der Waals surface area contributed by atoms with Gasteiger partial charge in [0.25, 0.3) is 5.91 Å². The Morgan fingerprint density at radius 3 is 2.38 bits per heavy atom. The van der Waals surface area contributed by atoms with Crippen LogP contribution in [0, 0.1) is 0 Å². The minimum Gasteiger partial charge on any atom is -0.467 e. The first-order chi connectivity index (χ1) is 15.7. The Balaban J connectivity index is 1.25. The lowest BCUT2D eigenvalue weighted by Gasteiger charge is -2.41. The summed E-state index contributed by atoms with van der Waals surface area (Å²) in [6.45, 7) is 4.41. The summed E-state index contributed by atoms with van der Waals surface area (Å²) in [7, 11) is 1.35. The molecule has 1 unspecified atom stereocenters. The highest BCUT2D eigenvalue weighted by Gasteiger charge is 2.33. The molecule has 3 aliphatic rings. The number of rotatable bonds is 6. The smallest absolute Gasteiger partial charge is 0.328 e. The Bertz CT molecular complexity index is 760. The van der Waals surface area contributed by atoms with Gasteiger partial charge in [-0.25, -0.2) is 4.79 Å². The maximum Gasteiger partial charge on any atom is 0.328 e. The number of carbonyl (C=O) groups is 2. The molecule has 9 nitrogen and oxygen atoms in total. The normalized spacial score (nSPS) is 23.1. The zero-order valence-corrected chi connectivity index (χ0v) is 19.1. The van der Waals surface area contributed by atoms with Gasteiger partial charge in [0.2, 0.25) is 5.88 Å². The molecule has 0 spiro atoms. The lowest BCUT2D eigenvalue weighted by atomic mass is 9.94. The van der Waals surface area contributed by atoms with Crippen molar-refractivity contribution in [1.82, 2.24) is 20.0 Å². The van der Waals surface area contributed by atoms with Gasteiger partial charge >= 0.3 is 5.97 Å². The lowest BCUT2D eigenvalue weighted by Crippen LogP contribution is -2.51. The van der Waals surface area contributed by atoms with E-state index in [0.717, 1.165) is 50.9 Å². The topological polar surface area (TPSA) is 88.1 Å². The molecule has 2 saturated heterocycles. The van der Waals surface area contributed by atoms with E-state index < -0.39 is 6.04 Å². The first kappa shape index (κ1) is 22.8. The third-order valence-corrected chi connectivity index (χ3v) is 7.00. The van der Waals surface area contributed by atoms with Crippen molar-refractivity contribution in [1.29, 1.82) is 0 Å². The maximum atomic E-state index is 12.6. The molecule has 1 aliphatic carbocycles. The number of hydrogen-bond donors (Lipinski definition) is 0. The van der Waals surface area contributed by atoms with Gasteiger partial charge in [0.1, 0.15) is 6.04 Å². The van der Waals surface area contributed by atoms with Crippen molar-refractivity contribution in [2.45, 2.75) is 63.5 Å². The number of aromatic nitrogens is 2. The van der Waals surface area contributed by atoms with Crippen molar-refractivity contribution in [2.24, 2.45) is 0 Å². The van der Waals surface area contributed by atoms with E-state index in [-0.39, 0.29) is 18.5 Å². The first-order valence-electron chi connectivity index (χ1n) is 12.0. The predicted molar refractivity (Wildman–Crippen MR) is 120 cm³/mol. The summed E-state index contributed by atoms with van der Waals surface area (Å²) in [4.78, 5) is 31.0.